The number of carbonyl (C=O) groups is 1. The Bertz CT molecular complexity index is 682. The van der Waals surface area contributed by atoms with Gasteiger partial charge in [-0.15, -0.1) is 12.4 Å². The monoisotopic (exact) mass is 378 g/mol. The lowest BCUT2D eigenvalue weighted by Gasteiger charge is -2.36. The molecule has 6 nitrogen and oxygen atoms in total. The minimum absolute atomic E-state index is 0. The zero-order chi connectivity index (χ0) is 17.7. The highest BCUT2D eigenvalue weighted by atomic mass is 35.5. The van der Waals surface area contributed by atoms with E-state index in [-0.39, 0.29) is 24.4 Å². The van der Waals surface area contributed by atoms with E-state index in [1.807, 2.05) is 43.5 Å². The van der Waals surface area contributed by atoms with Crippen LogP contribution in [-0.4, -0.2) is 34.9 Å². The molecule has 2 heterocycles. The second kappa shape index (κ2) is 9.05. The van der Waals surface area contributed by atoms with Crippen molar-refractivity contribution in [2.75, 3.05) is 18.4 Å². The number of hydrogen-bond donors (Lipinski definition) is 2. The van der Waals surface area contributed by atoms with E-state index in [0.717, 1.165) is 43.8 Å². The maximum Gasteiger partial charge on any atom is 0.252 e. The van der Waals surface area contributed by atoms with Crippen molar-refractivity contribution in [3.05, 3.63) is 42.7 Å². The summed E-state index contributed by atoms with van der Waals surface area (Å²) in [5, 5.41) is 10.7. The van der Waals surface area contributed by atoms with E-state index < -0.39 is 5.54 Å². The van der Waals surface area contributed by atoms with Crippen molar-refractivity contribution in [1.29, 1.82) is 0 Å². The van der Waals surface area contributed by atoms with Crippen LogP contribution in [0.4, 0.5) is 5.69 Å². The highest BCUT2D eigenvalue weighted by molar-refractivity contribution is 5.96. The first kappa shape index (κ1) is 20.3. The van der Waals surface area contributed by atoms with Gasteiger partial charge in [0.05, 0.1) is 6.10 Å². The molecule has 3 rings (SSSR count). The van der Waals surface area contributed by atoms with Gasteiger partial charge in [-0.05, 0) is 69.6 Å². The molecule has 0 aliphatic carbocycles. The van der Waals surface area contributed by atoms with Crippen LogP contribution >= 0.6 is 12.4 Å². The van der Waals surface area contributed by atoms with Crippen molar-refractivity contribution in [1.82, 2.24) is 15.1 Å². The van der Waals surface area contributed by atoms with E-state index in [1.54, 1.807) is 10.9 Å². The number of anilines is 1. The first-order valence-corrected chi connectivity index (χ1v) is 8.93. The predicted octanol–water partition coefficient (Wildman–Crippen LogP) is 3.20. The molecule has 1 unspecified atom stereocenters. The molecule has 26 heavy (non-hydrogen) atoms. The number of nitrogens with one attached hydrogen (secondary N) is 2. The second-order valence-electron chi connectivity index (χ2n) is 6.55. The van der Waals surface area contributed by atoms with Crippen molar-refractivity contribution in [3.63, 3.8) is 0 Å². The molecule has 1 atom stereocenters. The number of halogens is 1. The average molecular weight is 379 g/mol. The van der Waals surface area contributed by atoms with E-state index in [0.29, 0.717) is 0 Å². The van der Waals surface area contributed by atoms with E-state index in [9.17, 15) is 4.79 Å². The number of benzene rings is 1. The van der Waals surface area contributed by atoms with Gasteiger partial charge in [-0.25, -0.2) is 0 Å². The number of hydrogen-bond acceptors (Lipinski definition) is 4. The van der Waals surface area contributed by atoms with Gasteiger partial charge in [0.2, 0.25) is 0 Å². The van der Waals surface area contributed by atoms with Crippen molar-refractivity contribution in [3.8, 4) is 5.75 Å². The van der Waals surface area contributed by atoms with E-state index in [2.05, 4.69) is 22.7 Å². The minimum atomic E-state index is -0.638. The molecule has 1 aromatic heterocycles. The number of aromatic nitrogens is 2. The maximum absolute atomic E-state index is 13.1. The van der Waals surface area contributed by atoms with Crippen molar-refractivity contribution in [2.24, 2.45) is 0 Å². The predicted molar refractivity (Wildman–Crippen MR) is 105 cm³/mol. The Morgan fingerprint density at radius 1 is 1.35 bits per heavy atom. The molecule has 7 heteroatoms. The molecule has 142 valence electrons. The molecule has 2 aromatic rings. The molecular weight excluding hydrogens is 352 g/mol. The van der Waals surface area contributed by atoms with Gasteiger partial charge in [0, 0.05) is 18.1 Å². The normalized spacial score (nSPS) is 17.0. The third kappa shape index (κ3) is 4.37. The van der Waals surface area contributed by atoms with Crippen LogP contribution in [0.3, 0.4) is 0 Å². The Balaban J connectivity index is 0.00000243. The maximum atomic E-state index is 13.1. The fourth-order valence-corrected chi connectivity index (χ4v) is 3.10. The third-order valence-corrected chi connectivity index (χ3v) is 4.82. The quantitative estimate of drug-likeness (QED) is 0.810. The summed E-state index contributed by atoms with van der Waals surface area (Å²) in [6.45, 7) is 5.73. The molecule has 0 radical (unpaired) electrons. The lowest BCUT2D eigenvalue weighted by molar-refractivity contribution is -0.126. The SMILES string of the molecule is CCC(C)Oc1ccc(NC(=O)C2(n3cccn3)CCNCC2)cc1.Cl. The van der Waals surface area contributed by atoms with Gasteiger partial charge < -0.3 is 15.4 Å². The largest absolute Gasteiger partial charge is 0.491 e. The van der Waals surface area contributed by atoms with Gasteiger partial charge in [0.1, 0.15) is 11.3 Å². The second-order valence-corrected chi connectivity index (χ2v) is 6.55. The van der Waals surface area contributed by atoms with Crippen LogP contribution in [0.15, 0.2) is 42.7 Å². The van der Waals surface area contributed by atoms with Crippen LogP contribution in [-0.2, 0) is 10.3 Å². The Kier molecular flexibility index (Phi) is 7.06. The molecule has 0 spiro atoms. The van der Waals surface area contributed by atoms with Gasteiger partial charge in [0.15, 0.2) is 0 Å². The summed E-state index contributed by atoms with van der Waals surface area (Å²) in [7, 11) is 0. The van der Waals surface area contributed by atoms with Crippen LogP contribution in [0.25, 0.3) is 0 Å². The van der Waals surface area contributed by atoms with Crippen molar-refractivity contribution >= 4 is 24.0 Å². The summed E-state index contributed by atoms with van der Waals surface area (Å²) in [5.74, 6) is 0.796. The molecule has 0 bridgehead atoms. The zero-order valence-electron chi connectivity index (χ0n) is 15.3. The zero-order valence-corrected chi connectivity index (χ0v) is 16.1. The van der Waals surface area contributed by atoms with E-state index in [1.165, 1.54) is 0 Å². The molecule has 1 aromatic carbocycles. The molecular formula is C19H27ClN4O2. The summed E-state index contributed by atoms with van der Waals surface area (Å²) in [4.78, 5) is 13.1. The van der Waals surface area contributed by atoms with Gasteiger partial charge in [-0.3, -0.25) is 9.48 Å². The first-order valence-electron chi connectivity index (χ1n) is 8.93. The number of rotatable bonds is 6. The summed E-state index contributed by atoms with van der Waals surface area (Å²) in [6.07, 6.45) is 6.16. The third-order valence-electron chi connectivity index (χ3n) is 4.82. The molecule has 2 N–H and O–H groups in total. The van der Waals surface area contributed by atoms with Gasteiger partial charge in [0.25, 0.3) is 5.91 Å². The molecule has 1 amide bonds. The lowest BCUT2D eigenvalue weighted by atomic mass is 9.87. The molecule has 1 saturated heterocycles. The summed E-state index contributed by atoms with van der Waals surface area (Å²) in [6, 6.07) is 9.41. The molecule has 1 aliphatic rings. The Morgan fingerprint density at radius 2 is 2.04 bits per heavy atom. The number of ether oxygens (including phenoxy) is 1. The summed E-state index contributed by atoms with van der Waals surface area (Å²) >= 11 is 0. The lowest BCUT2D eigenvalue weighted by Crippen LogP contribution is -2.52. The minimum Gasteiger partial charge on any atom is -0.491 e. The standard InChI is InChI=1S/C19H26N4O2.ClH/c1-3-15(2)25-17-7-5-16(6-8-17)22-18(24)19(9-12-20-13-10-19)23-14-4-11-21-23;/h4-8,11,14-15,20H,3,9-10,12-13H2,1-2H3,(H,22,24);1H. The Hall–Kier alpha value is -2.05. The molecule has 0 saturated carbocycles. The Morgan fingerprint density at radius 3 is 2.62 bits per heavy atom. The van der Waals surface area contributed by atoms with Crippen molar-refractivity contribution in [2.45, 2.75) is 44.8 Å². The molecule has 1 fully saturated rings. The number of amides is 1. The van der Waals surface area contributed by atoms with E-state index >= 15 is 0 Å². The fraction of sp³-hybridized carbons (Fsp3) is 0.474. The van der Waals surface area contributed by atoms with Gasteiger partial charge in [-0.2, -0.15) is 5.10 Å². The smallest absolute Gasteiger partial charge is 0.252 e. The number of nitrogens with zero attached hydrogens (tertiary/aromatic N) is 2. The van der Waals surface area contributed by atoms with Gasteiger partial charge in [-0.1, -0.05) is 6.92 Å². The van der Waals surface area contributed by atoms with Crippen LogP contribution in [0.2, 0.25) is 0 Å². The number of carbonyl (C=O) groups excluding carboxylic acids is 1. The summed E-state index contributed by atoms with van der Waals surface area (Å²) in [5.41, 5.74) is 0.132. The first-order chi connectivity index (χ1) is 12.1. The topological polar surface area (TPSA) is 68.2 Å². The van der Waals surface area contributed by atoms with Crippen LogP contribution in [0.5, 0.6) is 5.75 Å². The Labute approximate surface area is 160 Å². The van der Waals surface area contributed by atoms with Crippen molar-refractivity contribution < 1.29 is 9.53 Å². The highest BCUT2D eigenvalue weighted by Crippen LogP contribution is 2.29. The van der Waals surface area contributed by atoms with Gasteiger partial charge >= 0.3 is 0 Å². The van der Waals surface area contributed by atoms with Crippen LogP contribution in [0, 0.1) is 0 Å². The number of piperidine rings is 1. The average Bonchev–Trinajstić information content (AvgIpc) is 3.19. The highest BCUT2D eigenvalue weighted by Gasteiger charge is 2.42. The van der Waals surface area contributed by atoms with Crippen LogP contribution in [0.1, 0.15) is 33.1 Å². The summed E-state index contributed by atoms with van der Waals surface area (Å²) < 4.78 is 7.58. The molecule has 1 aliphatic heterocycles. The van der Waals surface area contributed by atoms with E-state index in [4.69, 9.17) is 4.74 Å². The fourth-order valence-electron chi connectivity index (χ4n) is 3.10. The van der Waals surface area contributed by atoms with Crippen LogP contribution < -0.4 is 15.4 Å².